The van der Waals surface area contributed by atoms with Crippen LogP contribution >= 0.6 is 11.6 Å². The predicted octanol–water partition coefficient (Wildman–Crippen LogP) is 1.61. The van der Waals surface area contributed by atoms with Gasteiger partial charge in [0.2, 0.25) is 0 Å². The van der Waals surface area contributed by atoms with E-state index in [0.717, 1.165) is 0 Å². The van der Waals surface area contributed by atoms with Crippen LogP contribution < -0.4 is 0 Å². The van der Waals surface area contributed by atoms with Gasteiger partial charge in [-0.15, -0.1) is 0 Å². The van der Waals surface area contributed by atoms with Crippen molar-refractivity contribution in [3.63, 3.8) is 0 Å². The fraction of sp³-hybridized carbons (Fsp3) is 0. The SMILES string of the molecule is O=C(O)C(=O)c1ccc(Cl)cc1. The number of Topliss-reactive ketones (excluding diaryl/α,β-unsaturated/α-hetero) is 1. The van der Waals surface area contributed by atoms with Gasteiger partial charge in [0.15, 0.2) is 0 Å². The fourth-order valence-electron chi connectivity index (χ4n) is 0.725. The second-order valence-electron chi connectivity index (χ2n) is 2.14. The highest BCUT2D eigenvalue weighted by atomic mass is 35.5. The summed E-state index contributed by atoms with van der Waals surface area (Å²) in [5.41, 5.74) is 0.131. The number of benzene rings is 1. The summed E-state index contributed by atoms with van der Waals surface area (Å²) in [6.07, 6.45) is 0. The summed E-state index contributed by atoms with van der Waals surface area (Å²) >= 11 is 5.54. The Hall–Kier alpha value is -1.35. The van der Waals surface area contributed by atoms with E-state index >= 15 is 0 Å². The van der Waals surface area contributed by atoms with Gasteiger partial charge >= 0.3 is 5.97 Å². The number of rotatable bonds is 2. The number of carboxylic acids is 1. The van der Waals surface area contributed by atoms with E-state index in [1.54, 1.807) is 0 Å². The number of halogens is 1. The highest BCUT2D eigenvalue weighted by Crippen LogP contribution is 2.09. The highest BCUT2D eigenvalue weighted by Gasteiger charge is 2.13. The lowest BCUT2D eigenvalue weighted by molar-refractivity contribution is -0.131. The smallest absolute Gasteiger partial charge is 0.377 e. The molecule has 0 radical (unpaired) electrons. The Morgan fingerprint density at radius 1 is 1.17 bits per heavy atom. The van der Waals surface area contributed by atoms with Crippen molar-refractivity contribution in [2.75, 3.05) is 0 Å². The molecule has 0 spiro atoms. The molecule has 12 heavy (non-hydrogen) atoms. The molecule has 1 rings (SSSR count). The molecule has 0 saturated carbocycles. The zero-order chi connectivity index (χ0) is 9.14. The van der Waals surface area contributed by atoms with Gasteiger partial charge in [-0.25, -0.2) is 4.79 Å². The largest absolute Gasteiger partial charge is 0.475 e. The second kappa shape index (κ2) is 3.36. The van der Waals surface area contributed by atoms with Crippen LogP contribution in [0.1, 0.15) is 10.4 Å². The molecule has 0 heterocycles. The molecule has 0 aliphatic heterocycles. The number of hydrogen-bond acceptors (Lipinski definition) is 2. The monoisotopic (exact) mass is 184 g/mol. The zero-order valence-corrected chi connectivity index (χ0v) is 6.71. The molecule has 0 aliphatic rings. The Bertz CT molecular complexity index is 316. The van der Waals surface area contributed by atoms with Crippen molar-refractivity contribution >= 4 is 23.4 Å². The van der Waals surface area contributed by atoms with Crippen LogP contribution in [0.15, 0.2) is 24.3 Å². The molecule has 62 valence electrons. The molecule has 1 aromatic rings. The molecule has 1 N–H and O–H groups in total. The van der Waals surface area contributed by atoms with Crippen molar-refractivity contribution < 1.29 is 14.7 Å². The first-order valence-corrected chi connectivity index (χ1v) is 3.52. The van der Waals surface area contributed by atoms with Crippen molar-refractivity contribution in [2.24, 2.45) is 0 Å². The zero-order valence-electron chi connectivity index (χ0n) is 5.95. The molecular formula is C8H5ClO3. The predicted molar refractivity (Wildman–Crippen MR) is 43.4 cm³/mol. The summed E-state index contributed by atoms with van der Waals surface area (Å²) in [6, 6.07) is 5.69. The third-order valence-corrected chi connectivity index (χ3v) is 1.55. The minimum Gasteiger partial charge on any atom is -0.475 e. The molecule has 1 aromatic carbocycles. The van der Waals surface area contributed by atoms with Crippen LogP contribution in [-0.2, 0) is 4.79 Å². The lowest BCUT2D eigenvalue weighted by Gasteiger charge is -1.94. The van der Waals surface area contributed by atoms with Crippen molar-refractivity contribution in [2.45, 2.75) is 0 Å². The molecule has 0 aromatic heterocycles. The van der Waals surface area contributed by atoms with Crippen molar-refractivity contribution in [3.05, 3.63) is 34.9 Å². The van der Waals surface area contributed by atoms with Crippen LogP contribution in [0.25, 0.3) is 0 Å². The number of aliphatic carboxylic acids is 1. The van der Waals surface area contributed by atoms with Gasteiger partial charge in [-0.1, -0.05) is 11.6 Å². The van der Waals surface area contributed by atoms with Gasteiger partial charge in [0, 0.05) is 10.6 Å². The summed E-state index contributed by atoms with van der Waals surface area (Å²) in [7, 11) is 0. The maximum absolute atomic E-state index is 10.8. The van der Waals surface area contributed by atoms with Gasteiger partial charge in [-0.3, -0.25) is 4.79 Å². The van der Waals surface area contributed by atoms with Gasteiger partial charge in [0.05, 0.1) is 0 Å². The maximum atomic E-state index is 10.8. The van der Waals surface area contributed by atoms with Crippen molar-refractivity contribution in [1.82, 2.24) is 0 Å². The van der Waals surface area contributed by atoms with Gasteiger partial charge < -0.3 is 5.11 Å². The minimum absolute atomic E-state index is 0.131. The van der Waals surface area contributed by atoms with Crippen LogP contribution in [0.4, 0.5) is 0 Å². The van der Waals surface area contributed by atoms with E-state index in [0.29, 0.717) is 5.02 Å². The van der Waals surface area contributed by atoms with E-state index in [2.05, 4.69) is 0 Å². The third-order valence-electron chi connectivity index (χ3n) is 1.30. The van der Waals surface area contributed by atoms with E-state index < -0.39 is 11.8 Å². The molecule has 0 aliphatic carbocycles. The quantitative estimate of drug-likeness (QED) is 0.561. The number of carbonyl (C=O) groups excluding carboxylic acids is 1. The van der Waals surface area contributed by atoms with E-state index in [-0.39, 0.29) is 5.56 Å². The van der Waals surface area contributed by atoms with E-state index in [9.17, 15) is 9.59 Å². The lowest BCUT2D eigenvalue weighted by atomic mass is 10.1. The molecule has 0 fully saturated rings. The number of carbonyl (C=O) groups is 2. The molecule has 0 saturated heterocycles. The van der Waals surface area contributed by atoms with Crippen LogP contribution in [0.3, 0.4) is 0 Å². The third kappa shape index (κ3) is 1.83. The normalized spacial score (nSPS) is 9.42. The minimum atomic E-state index is -1.46. The van der Waals surface area contributed by atoms with E-state index in [4.69, 9.17) is 16.7 Å². The fourth-order valence-corrected chi connectivity index (χ4v) is 0.851. The Labute approximate surface area is 73.6 Å². The van der Waals surface area contributed by atoms with Gasteiger partial charge in [0.25, 0.3) is 5.78 Å². The van der Waals surface area contributed by atoms with Crippen LogP contribution in [0, 0.1) is 0 Å². The number of carboxylic acid groups (broad SMARTS) is 1. The Morgan fingerprint density at radius 2 is 1.67 bits per heavy atom. The molecule has 0 atom stereocenters. The first-order valence-electron chi connectivity index (χ1n) is 3.14. The van der Waals surface area contributed by atoms with Crippen molar-refractivity contribution in [1.29, 1.82) is 0 Å². The highest BCUT2D eigenvalue weighted by molar-refractivity contribution is 6.40. The van der Waals surface area contributed by atoms with Crippen molar-refractivity contribution in [3.8, 4) is 0 Å². The first-order chi connectivity index (χ1) is 5.61. The van der Waals surface area contributed by atoms with E-state index in [1.165, 1.54) is 24.3 Å². The van der Waals surface area contributed by atoms with Crippen LogP contribution in [0.2, 0.25) is 5.02 Å². The van der Waals surface area contributed by atoms with Crippen LogP contribution in [-0.4, -0.2) is 16.9 Å². The first kappa shape index (κ1) is 8.74. The summed E-state index contributed by atoms with van der Waals surface area (Å²) < 4.78 is 0. The topological polar surface area (TPSA) is 54.4 Å². The Balaban J connectivity index is 2.98. The molecule has 0 bridgehead atoms. The second-order valence-corrected chi connectivity index (χ2v) is 2.58. The van der Waals surface area contributed by atoms with Gasteiger partial charge in [0.1, 0.15) is 0 Å². The average molecular weight is 185 g/mol. The van der Waals surface area contributed by atoms with E-state index in [1.807, 2.05) is 0 Å². The molecule has 0 unspecified atom stereocenters. The van der Waals surface area contributed by atoms with Gasteiger partial charge in [-0.05, 0) is 24.3 Å². The standard InChI is InChI=1S/C8H5ClO3/c9-6-3-1-5(2-4-6)7(10)8(11)12/h1-4H,(H,11,12). The summed E-state index contributed by atoms with van der Waals surface area (Å²) in [5, 5.41) is 8.79. The maximum Gasteiger partial charge on any atom is 0.377 e. The summed E-state index contributed by atoms with van der Waals surface area (Å²) in [5.74, 6) is -2.39. The molecular weight excluding hydrogens is 180 g/mol. The lowest BCUT2D eigenvalue weighted by Crippen LogP contribution is -2.12. The van der Waals surface area contributed by atoms with Crippen LogP contribution in [0.5, 0.6) is 0 Å². The Kier molecular flexibility index (Phi) is 2.45. The number of hydrogen-bond donors (Lipinski definition) is 1. The van der Waals surface area contributed by atoms with Gasteiger partial charge in [-0.2, -0.15) is 0 Å². The Morgan fingerprint density at radius 3 is 2.08 bits per heavy atom. The number of ketones is 1. The average Bonchev–Trinajstić information content (AvgIpc) is 2.04. The summed E-state index contributed by atoms with van der Waals surface area (Å²) in [4.78, 5) is 21.0. The summed E-state index contributed by atoms with van der Waals surface area (Å²) in [6.45, 7) is 0. The molecule has 3 nitrogen and oxygen atoms in total. The molecule has 4 heteroatoms. The molecule has 0 amide bonds.